The normalized spacial score (nSPS) is 22.5. The monoisotopic (exact) mass is 308 g/mol. The van der Waals surface area contributed by atoms with E-state index in [0.717, 1.165) is 4.31 Å². The van der Waals surface area contributed by atoms with Gasteiger partial charge in [-0.3, -0.25) is 4.79 Å². The second-order valence-corrected chi connectivity index (χ2v) is 6.80. The number of hydrogen-bond acceptors (Lipinski definition) is 3. The van der Waals surface area contributed by atoms with Crippen molar-refractivity contribution >= 4 is 39.1 Å². The summed E-state index contributed by atoms with van der Waals surface area (Å²) < 4.78 is 25.4. The summed E-state index contributed by atoms with van der Waals surface area (Å²) in [5.74, 6) is -0.696. The lowest BCUT2D eigenvalue weighted by Gasteiger charge is -2.31. The quantitative estimate of drug-likeness (QED) is 0.841. The minimum Gasteiger partial charge on any atom is -0.368 e. The minimum absolute atomic E-state index is 0.0666. The summed E-state index contributed by atoms with van der Waals surface area (Å²) in [4.78, 5) is 11.3. The average molecular weight is 309 g/mol. The number of primary amides is 1. The number of hydrogen-bond donors (Lipinski definition) is 1. The second-order valence-electron chi connectivity index (χ2n) is 4.02. The van der Waals surface area contributed by atoms with Crippen LogP contribution < -0.4 is 5.73 Å². The summed E-state index contributed by atoms with van der Waals surface area (Å²) >= 11 is 11.7. The first-order valence-electron chi connectivity index (χ1n) is 5.00. The van der Waals surface area contributed by atoms with Crippen LogP contribution in [0.1, 0.15) is 5.56 Å². The average Bonchev–Trinajstić information content (AvgIpc) is 2.26. The first-order valence-corrected chi connectivity index (χ1v) is 7.20. The predicted octanol–water partition coefficient (Wildman–Crippen LogP) is 1.02. The largest absolute Gasteiger partial charge is 0.368 e. The number of carbonyl (C=O) groups is 1. The number of nitrogens with zero attached hydrogens (tertiary/aromatic N) is 1. The van der Waals surface area contributed by atoms with E-state index in [1.165, 1.54) is 19.2 Å². The van der Waals surface area contributed by atoms with Crippen molar-refractivity contribution in [3.8, 4) is 0 Å². The molecule has 0 saturated heterocycles. The zero-order valence-corrected chi connectivity index (χ0v) is 11.7. The lowest BCUT2D eigenvalue weighted by molar-refractivity contribution is -0.121. The van der Waals surface area contributed by atoms with E-state index in [0.29, 0.717) is 5.56 Å². The number of nitrogens with two attached hydrogens (primary N) is 1. The van der Waals surface area contributed by atoms with E-state index >= 15 is 0 Å². The first kappa shape index (κ1) is 13.6. The maximum atomic E-state index is 12.2. The highest BCUT2D eigenvalue weighted by atomic mass is 35.5. The van der Waals surface area contributed by atoms with Crippen LogP contribution in [0, 0.1) is 0 Å². The molecule has 1 amide bonds. The molecule has 0 saturated carbocycles. The molecule has 8 heteroatoms. The van der Waals surface area contributed by atoms with Crippen molar-refractivity contribution in [3.05, 3.63) is 27.7 Å². The van der Waals surface area contributed by atoms with E-state index in [4.69, 9.17) is 28.9 Å². The fraction of sp³-hybridized carbons (Fsp3) is 0.300. The van der Waals surface area contributed by atoms with Gasteiger partial charge in [-0.1, -0.05) is 23.2 Å². The first-order chi connectivity index (χ1) is 8.25. The van der Waals surface area contributed by atoms with Gasteiger partial charge in [0, 0.05) is 7.05 Å². The van der Waals surface area contributed by atoms with Crippen LogP contribution in [0.5, 0.6) is 0 Å². The Morgan fingerprint density at radius 2 is 1.94 bits per heavy atom. The van der Waals surface area contributed by atoms with Crippen LogP contribution in [-0.2, 0) is 21.2 Å². The molecule has 1 atom stereocenters. The fourth-order valence-corrected chi connectivity index (χ4v) is 3.89. The van der Waals surface area contributed by atoms with Gasteiger partial charge in [0.2, 0.25) is 15.9 Å². The van der Waals surface area contributed by atoms with Crippen LogP contribution in [0.15, 0.2) is 17.0 Å². The van der Waals surface area contributed by atoms with Crippen LogP contribution in [-0.4, -0.2) is 31.7 Å². The van der Waals surface area contributed by atoms with E-state index in [2.05, 4.69) is 0 Å². The molecule has 0 spiro atoms. The summed E-state index contributed by atoms with van der Waals surface area (Å²) in [5.41, 5.74) is 5.65. The molecule has 1 aliphatic heterocycles. The molecule has 5 nitrogen and oxygen atoms in total. The van der Waals surface area contributed by atoms with Gasteiger partial charge in [-0.2, -0.15) is 4.31 Å². The Bertz CT molecular complexity index is 630. The molecule has 0 aliphatic carbocycles. The number of rotatable bonds is 1. The highest BCUT2D eigenvalue weighted by Crippen LogP contribution is 2.34. The van der Waals surface area contributed by atoms with Crippen LogP contribution in [0.25, 0.3) is 0 Å². The smallest absolute Gasteiger partial charge is 0.243 e. The standard InChI is InChI=1S/C10H10Cl2N2O3S/c1-14-8(10(13)15)3-5-2-6(11)7(12)4-9(5)18(14,16)17/h2,4,8H,3H2,1H3,(H2,13,15). The van der Waals surface area contributed by atoms with Gasteiger partial charge in [0.15, 0.2) is 0 Å². The molecule has 0 bridgehead atoms. The van der Waals surface area contributed by atoms with Crippen molar-refractivity contribution in [2.75, 3.05) is 7.05 Å². The summed E-state index contributed by atoms with van der Waals surface area (Å²) in [6.45, 7) is 0. The zero-order chi connectivity index (χ0) is 13.7. The summed E-state index contributed by atoms with van der Waals surface area (Å²) in [5, 5.41) is 0.406. The molecule has 1 aromatic rings. The summed E-state index contributed by atoms with van der Waals surface area (Å²) in [6.07, 6.45) is 0.192. The van der Waals surface area contributed by atoms with Crippen molar-refractivity contribution in [2.24, 2.45) is 5.73 Å². The van der Waals surface area contributed by atoms with Gasteiger partial charge in [0.1, 0.15) is 6.04 Å². The number of likely N-dealkylation sites (N-methyl/N-ethyl adjacent to an activating group) is 1. The summed E-state index contributed by atoms with van der Waals surface area (Å²) in [6, 6.07) is 1.85. The van der Waals surface area contributed by atoms with Crippen molar-refractivity contribution in [1.29, 1.82) is 0 Å². The van der Waals surface area contributed by atoms with Crippen molar-refractivity contribution in [3.63, 3.8) is 0 Å². The van der Waals surface area contributed by atoms with E-state index in [-0.39, 0.29) is 21.4 Å². The molecule has 0 fully saturated rings. The number of fused-ring (bicyclic) bond motifs is 1. The Balaban J connectivity index is 2.68. The van der Waals surface area contributed by atoms with Gasteiger partial charge in [0.05, 0.1) is 14.9 Å². The van der Waals surface area contributed by atoms with Crippen LogP contribution in [0.4, 0.5) is 0 Å². The van der Waals surface area contributed by atoms with Crippen LogP contribution >= 0.6 is 23.2 Å². The zero-order valence-electron chi connectivity index (χ0n) is 9.35. The second kappa shape index (κ2) is 4.38. The molecule has 98 valence electrons. The molecule has 1 aliphatic rings. The molecule has 1 heterocycles. The van der Waals surface area contributed by atoms with Crippen LogP contribution in [0.3, 0.4) is 0 Å². The van der Waals surface area contributed by atoms with Gasteiger partial charge in [0.25, 0.3) is 0 Å². The van der Waals surface area contributed by atoms with Gasteiger partial charge in [-0.15, -0.1) is 0 Å². The maximum absolute atomic E-state index is 12.2. The van der Waals surface area contributed by atoms with Crippen LogP contribution in [0.2, 0.25) is 10.0 Å². The molecular weight excluding hydrogens is 299 g/mol. The molecule has 18 heavy (non-hydrogen) atoms. The topological polar surface area (TPSA) is 80.5 Å². The van der Waals surface area contributed by atoms with E-state index in [1.54, 1.807) is 0 Å². The van der Waals surface area contributed by atoms with Gasteiger partial charge in [-0.05, 0) is 24.1 Å². The van der Waals surface area contributed by atoms with E-state index in [1.807, 2.05) is 0 Å². The van der Waals surface area contributed by atoms with Gasteiger partial charge >= 0.3 is 0 Å². The van der Waals surface area contributed by atoms with Crippen molar-refractivity contribution in [1.82, 2.24) is 4.31 Å². The molecular formula is C10H10Cl2N2O3S. The molecule has 1 aromatic carbocycles. The number of amides is 1. The number of benzene rings is 1. The number of carbonyl (C=O) groups excluding carboxylic acids is 1. The predicted molar refractivity (Wildman–Crippen MR) is 68.1 cm³/mol. The Labute approximate surface area is 115 Å². The Kier molecular flexibility index (Phi) is 3.31. The van der Waals surface area contributed by atoms with Gasteiger partial charge < -0.3 is 5.73 Å². The van der Waals surface area contributed by atoms with Crippen molar-refractivity contribution < 1.29 is 13.2 Å². The Hall–Kier alpha value is -0.820. The molecule has 2 N–H and O–H groups in total. The van der Waals surface area contributed by atoms with Gasteiger partial charge in [-0.25, -0.2) is 8.42 Å². The maximum Gasteiger partial charge on any atom is 0.243 e. The lowest BCUT2D eigenvalue weighted by atomic mass is 10.1. The van der Waals surface area contributed by atoms with Crippen molar-refractivity contribution in [2.45, 2.75) is 17.4 Å². The third kappa shape index (κ3) is 1.99. The fourth-order valence-electron chi connectivity index (χ4n) is 1.91. The third-order valence-corrected chi connectivity index (χ3v) is 5.61. The Morgan fingerprint density at radius 1 is 1.39 bits per heavy atom. The van der Waals surface area contributed by atoms with E-state index in [9.17, 15) is 13.2 Å². The molecule has 0 radical (unpaired) electrons. The Morgan fingerprint density at radius 3 is 2.50 bits per heavy atom. The molecule has 0 aromatic heterocycles. The summed E-state index contributed by atoms with van der Waals surface area (Å²) in [7, 11) is -2.45. The molecule has 1 unspecified atom stereocenters. The number of sulfonamides is 1. The SMILES string of the molecule is CN1C(C(N)=O)Cc2cc(Cl)c(Cl)cc2S1(=O)=O. The van der Waals surface area contributed by atoms with E-state index < -0.39 is 22.0 Å². The highest BCUT2D eigenvalue weighted by molar-refractivity contribution is 7.89. The minimum atomic E-state index is -3.76. The third-order valence-electron chi connectivity index (χ3n) is 2.94. The highest BCUT2D eigenvalue weighted by Gasteiger charge is 2.38. The number of halogens is 2. The molecule has 2 rings (SSSR count). The lowest BCUT2D eigenvalue weighted by Crippen LogP contribution is -2.49.